The Balaban J connectivity index is 2.03. The van der Waals surface area contributed by atoms with E-state index in [1.165, 1.54) is 5.57 Å². The van der Waals surface area contributed by atoms with Crippen LogP contribution in [0.25, 0.3) is 0 Å². The molecule has 0 radical (unpaired) electrons. The lowest BCUT2D eigenvalue weighted by Crippen LogP contribution is -2.45. The van der Waals surface area contributed by atoms with Crippen LogP contribution in [-0.4, -0.2) is 24.5 Å². The summed E-state index contributed by atoms with van der Waals surface area (Å²) < 4.78 is 12.2. The van der Waals surface area contributed by atoms with E-state index in [1.54, 1.807) is 0 Å². The van der Waals surface area contributed by atoms with Gasteiger partial charge in [0, 0.05) is 17.4 Å². The van der Waals surface area contributed by atoms with Crippen molar-refractivity contribution in [3.8, 4) is 11.5 Å². The second-order valence-corrected chi connectivity index (χ2v) is 8.83. The first kappa shape index (κ1) is 21.4. The van der Waals surface area contributed by atoms with E-state index >= 15 is 0 Å². The van der Waals surface area contributed by atoms with Crippen LogP contribution >= 0.6 is 0 Å². The summed E-state index contributed by atoms with van der Waals surface area (Å²) in [5, 5.41) is 2.38. The van der Waals surface area contributed by atoms with E-state index in [9.17, 15) is 9.59 Å². The molecular weight excluding hydrogens is 366 g/mol. The average molecular weight is 400 g/mol. The van der Waals surface area contributed by atoms with E-state index in [-0.39, 0.29) is 18.1 Å². The van der Waals surface area contributed by atoms with Gasteiger partial charge in [0.05, 0.1) is 0 Å². The highest BCUT2D eigenvalue weighted by atomic mass is 16.5. The van der Waals surface area contributed by atoms with Crippen molar-refractivity contribution >= 4 is 12.4 Å². The minimum Gasteiger partial charge on any atom is -0.487 e. The fraction of sp³-hybridized carbons (Fsp3) is 0.583. The number of aryl methyl sites for hydroxylation is 1. The molecule has 1 heterocycles. The molecule has 2 atom stereocenters. The Kier molecular flexibility index (Phi) is 6.66. The highest BCUT2D eigenvalue weighted by molar-refractivity contribution is 5.77. The summed E-state index contributed by atoms with van der Waals surface area (Å²) in [5.41, 5.74) is 3.17. The monoisotopic (exact) mass is 399 g/mol. The molecule has 5 heteroatoms. The number of unbranched alkanes of at least 4 members (excludes halogenated alkanes) is 2. The van der Waals surface area contributed by atoms with Crippen LogP contribution in [0.4, 0.5) is 0 Å². The molecular formula is C24H33NO4. The number of carbonyl (C=O) groups excluding carboxylic acids is 2. The third kappa shape index (κ3) is 4.82. The number of fused-ring (bicyclic) bond motifs is 3. The zero-order valence-corrected chi connectivity index (χ0v) is 18.0. The number of benzene rings is 1. The van der Waals surface area contributed by atoms with Gasteiger partial charge in [0.15, 0.2) is 0 Å². The predicted octanol–water partition coefficient (Wildman–Crippen LogP) is 4.68. The third-order valence-electron chi connectivity index (χ3n) is 6.13. The van der Waals surface area contributed by atoms with Gasteiger partial charge in [-0.05, 0) is 64.2 Å². The molecule has 0 saturated carbocycles. The summed E-state index contributed by atoms with van der Waals surface area (Å²) >= 11 is 0. The lowest BCUT2D eigenvalue weighted by atomic mass is 9.68. The van der Waals surface area contributed by atoms with Crippen molar-refractivity contribution in [3.63, 3.8) is 0 Å². The van der Waals surface area contributed by atoms with E-state index < -0.39 is 5.97 Å². The summed E-state index contributed by atoms with van der Waals surface area (Å²) in [5.74, 6) is 1.41. The molecule has 2 unspecified atom stereocenters. The highest BCUT2D eigenvalue weighted by Gasteiger charge is 2.45. The van der Waals surface area contributed by atoms with Gasteiger partial charge in [-0.3, -0.25) is 4.79 Å². The predicted molar refractivity (Wildman–Crippen MR) is 113 cm³/mol. The van der Waals surface area contributed by atoms with Crippen LogP contribution in [0.1, 0.15) is 76.8 Å². The molecule has 1 aliphatic carbocycles. The van der Waals surface area contributed by atoms with E-state index in [0.29, 0.717) is 18.1 Å². The number of hydrogen-bond donors (Lipinski definition) is 1. The molecule has 0 fully saturated rings. The molecule has 0 spiro atoms. The second-order valence-electron chi connectivity index (χ2n) is 8.83. The largest absolute Gasteiger partial charge is 0.487 e. The zero-order valence-electron chi connectivity index (χ0n) is 18.0. The van der Waals surface area contributed by atoms with Crippen LogP contribution in [0.5, 0.6) is 11.5 Å². The Hall–Kier alpha value is -2.30. The van der Waals surface area contributed by atoms with E-state index in [1.807, 2.05) is 6.07 Å². The smallest absolute Gasteiger partial charge is 0.330 e. The van der Waals surface area contributed by atoms with Gasteiger partial charge >= 0.3 is 5.97 Å². The van der Waals surface area contributed by atoms with Crippen LogP contribution in [-0.2, 0) is 16.0 Å². The molecule has 1 amide bonds. The Labute approximate surface area is 173 Å². The third-order valence-corrected chi connectivity index (χ3v) is 6.13. The van der Waals surface area contributed by atoms with Crippen molar-refractivity contribution in [2.24, 2.45) is 5.92 Å². The van der Waals surface area contributed by atoms with E-state index in [2.05, 4.69) is 45.2 Å². The normalized spacial score (nSPS) is 21.9. The van der Waals surface area contributed by atoms with E-state index in [4.69, 9.17) is 9.47 Å². The SMILES string of the molecule is CCCCCc1cc(OC(=O)CNC=O)c2c(c1)OC(C)(C)C1CCC(C)=CC21. The van der Waals surface area contributed by atoms with Crippen molar-refractivity contribution in [2.45, 2.75) is 77.7 Å². The summed E-state index contributed by atoms with van der Waals surface area (Å²) in [6.07, 6.45) is 9.27. The maximum absolute atomic E-state index is 12.3. The zero-order chi connectivity index (χ0) is 21.0. The van der Waals surface area contributed by atoms with Crippen LogP contribution in [0.2, 0.25) is 0 Å². The van der Waals surface area contributed by atoms with Crippen molar-refractivity contribution in [1.82, 2.24) is 5.32 Å². The molecule has 1 N–H and O–H groups in total. The molecule has 0 aromatic heterocycles. The molecule has 1 aromatic rings. The first-order valence-electron chi connectivity index (χ1n) is 10.8. The number of amides is 1. The van der Waals surface area contributed by atoms with Gasteiger partial charge < -0.3 is 14.8 Å². The number of rotatable bonds is 8. The molecule has 5 nitrogen and oxygen atoms in total. The van der Waals surface area contributed by atoms with Crippen molar-refractivity contribution in [2.75, 3.05) is 6.54 Å². The minimum absolute atomic E-state index is 0.145. The van der Waals surface area contributed by atoms with Crippen molar-refractivity contribution in [1.29, 1.82) is 0 Å². The fourth-order valence-corrected chi connectivity index (χ4v) is 4.65. The van der Waals surface area contributed by atoms with Gasteiger partial charge in [-0.2, -0.15) is 0 Å². The van der Waals surface area contributed by atoms with Gasteiger partial charge in [0.25, 0.3) is 0 Å². The summed E-state index contributed by atoms with van der Waals surface area (Å²) in [4.78, 5) is 22.8. The maximum Gasteiger partial charge on any atom is 0.330 e. The number of nitrogens with one attached hydrogen (secondary N) is 1. The van der Waals surface area contributed by atoms with Gasteiger partial charge in [-0.15, -0.1) is 0 Å². The highest BCUT2D eigenvalue weighted by Crippen LogP contribution is 2.53. The lowest BCUT2D eigenvalue weighted by molar-refractivity contribution is -0.134. The van der Waals surface area contributed by atoms with Gasteiger partial charge in [-0.25, -0.2) is 4.79 Å². The summed E-state index contributed by atoms with van der Waals surface area (Å²) in [6, 6.07) is 4.12. The molecule has 29 heavy (non-hydrogen) atoms. The second kappa shape index (κ2) is 9.02. The van der Waals surface area contributed by atoms with Crippen molar-refractivity contribution in [3.05, 3.63) is 34.9 Å². The van der Waals surface area contributed by atoms with E-state index in [0.717, 1.165) is 55.4 Å². The molecule has 1 aliphatic heterocycles. The van der Waals surface area contributed by atoms with Crippen LogP contribution in [0.3, 0.4) is 0 Å². The van der Waals surface area contributed by atoms with Crippen LogP contribution in [0.15, 0.2) is 23.8 Å². The van der Waals surface area contributed by atoms with Gasteiger partial charge in [-0.1, -0.05) is 31.4 Å². The topological polar surface area (TPSA) is 64.6 Å². The number of allylic oxidation sites excluding steroid dienone is 2. The fourth-order valence-electron chi connectivity index (χ4n) is 4.65. The van der Waals surface area contributed by atoms with Gasteiger partial charge in [0.2, 0.25) is 6.41 Å². The Bertz CT molecular complexity index is 796. The standard InChI is InChI=1S/C24H33NO4/c1-5-6-7-8-17-12-20(28-22(27)14-25-15-26)23-18-11-16(2)9-10-19(18)24(3,4)29-21(23)13-17/h11-13,15,18-19H,5-10,14H2,1-4H3,(H,25,26). The Morgan fingerprint density at radius 1 is 1.34 bits per heavy atom. The number of ether oxygens (including phenoxy) is 2. The molecule has 0 saturated heterocycles. The first-order valence-corrected chi connectivity index (χ1v) is 10.8. The first-order chi connectivity index (χ1) is 13.9. The Morgan fingerprint density at radius 3 is 2.86 bits per heavy atom. The summed E-state index contributed by atoms with van der Waals surface area (Å²) in [7, 11) is 0. The minimum atomic E-state index is -0.470. The number of esters is 1. The summed E-state index contributed by atoms with van der Waals surface area (Å²) in [6.45, 7) is 8.52. The lowest BCUT2D eigenvalue weighted by Gasteiger charge is -2.46. The molecule has 1 aromatic carbocycles. The number of carbonyl (C=O) groups is 2. The molecule has 158 valence electrons. The average Bonchev–Trinajstić information content (AvgIpc) is 2.65. The molecule has 2 aliphatic rings. The van der Waals surface area contributed by atoms with Crippen LogP contribution in [0, 0.1) is 5.92 Å². The molecule has 3 rings (SSSR count). The maximum atomic E-state index is 12.3. The quantitative estimate of drug-likeness (QED) is 0.227. The number of hydrogen-bond acceptors (Lipinski definition) is 4. The van der Waals surface area contributed by atoms with Crippen molar-refractivity contribution < 1.29 is 19.1 Å². The Morgan fingerprint density at radius 2 is 2.14 bits per heavy atom. The van der Waals surface area contributed by atoms with Crippen LogP contribution < -0.4 is 14.8 Å². The molecule has 0 bridgehead atoms. The van der Waals surface area contributed by atoms with Gasteiger partial charge in [0.1, 0.15) is 23.6 Å².